The molecule has 0 unspecified atom stereocenters. The first kappa shape index (κ1) is 10.0. The smallest absolute Gasteiger partial charge is 0.0565 e. The Hall–Kier alpha value is -0.0800. The van der Waals surface area contributed by atoms with Crippen molar-refractivity contribution < 1.29 is 4.74 Å². The number of hydrogen-bond donors (Lipinski definition) is 1. The van der Waals surface area contributed by atoms with Crippen LogP contribution >= 0.6 is 0 Å². The molecule has 1 N–H and O–H groups in total. The molecular formula is C10H21NO. The predicted molar refractivity (Wildman–Crippen MR) is 51.3 cm³/mol. The van der Waals surface area contributed by atoms with E-state index in [1.165, 1.54) is 19.3 Å². The van der Waals surface area contributed by atoms with E-state index in [2.05, 4.69) is 26.1 Å². The summed E-state index contributed by atoms with van der Waals surface area (Å²) in [5, 5.41) is 3.55. The molecule has 2 atom stereocenters. The summed E-state index contributed by atoms with van der Waals surface area (Å²) in [6, 6.07) is 0.684. The molecule has 0 radical (unpaired) electrons. The van der Waals surface area contributed by atoms with Gasteiger partial charge in [-0.3, -0.25) is 0 Å². The molecule has 0 saturated carbocycles. The standard InChI is InChI=1S/C10H21NO/c1-4-5-11-10-6-8(2)12-9(3)7-10/h8-11H,4-7H2,1-3H3/t8-,9-/m1/s1. The average molecular weight is 171 g/mol. The van der Waals surface area contributed by atoms with E-state index in [-0.39, 0.29) is 0 Å². The Labute approximate surface area is 75.7 Å². The highest BCUT2D eigenvalue weighted by atomic mass is 16.5. The van der Waals surface area contributed by atoms with Crippen molar-refractivity contribution in [3.8, 4) is 0 Å². The Kier molecular flexibility index (Phi) is 4.02. The van der Waals surface area contributed by atoms with Crippen molar-refractivity contribution >= 4 is 0 Å². The molecule has 2 nitrogen and oxygen atoms in total. The maximum atomic E-state index is 5.66. The quantitative estimate of drug-likeness (QED) is 0.700. The Morgan fingerprint density at radius 1 is 1.25 bits per heavy atom. The normalized spacial score (nSPS) is 36.8. The molecule has 1 aliphatic rings. The first-order valence-electron chi connectivity index (χ1n) is 5.11. The average Bonchev–Trinajstić information content (AvgIpc) is 1.99. The van der Waals surface area contributed by atoms with Gasteiger partial charge in [0.05, 0.1) is 12.2 Å². The highest BCUT2D eigenvalue weighted by molar-refractivity contribution is 4.78. The summed E-state index contributed by atoms with van der Waals surface area (Å²) >= 11 is 0. The van der Waals surface area contributed by atoms with Crippen molar-refractivity contribution in [3.05, 3.63) is 0 Å². The molecule has 1 fully saturated rings. The van der Waals surface area contributed by atoms with Gasteiger partial charge < -0.3 is 10.1 Å². The zero-order chi connectivity index (χ0) is 8.97. The molecule has 1 rings (SSSR count). The molecule has 0 aliphatic carbocycles. The van der Waals surface area contributed by atoms with Gasteiger partial charge >= 0.3 is 0 Å². The lowest BCUT2D eigenvalue weighted by atomic mass is 10.00. The van der Waals surface area contributed by atoms with Gasteiger partial charge in [0.1, 0.15) is 0 Å². The fourth-order valence-corrected chi connectivity index (χ4v) is 1.92. The van der Waals surface area contributed by atoms with E-state index in [1.54, 1.807) is 0 Å². The van der Waals surface area contributed by atoms with Crippen LogP contribution in [0.2, 0.25) is 0 Å². The first-order chi connectivity index (χ1) is 5.72. The summed E-state index contributed by atoms with van der Waals surface area (Å²) in [5.41, 5.74) is 0. The monoisotopic (exact) mass is 171 g/mol. The summed E-state index contributed by atoms with van der Waals surface area (Å²) in [6.07, 6.45) is 4.43. The van der Waals surface area contributed by atoms with Gasteiger partial charge in [0.2, 0.25) is 0 Å². The van der Waals surface area contributed by atoms with Crippen LogP contribution in [0.4, 0.5) is 0 Å². The molecule has 0 aromatic heterocycles. The van der Waals surface area contributed by atoms with E-state index in [0.717, 1.165) is 6.54 Å². The maximum absolute atomic E-state index is 5.66. The van der Waals surface area contributed by atoms with Crippen LogP contribution in [0.3, 0.4) is 0 Å². The van der Waals surface area contributed by atoms with E-state index in [9.17, 15) is 0 Å². The molecule has 0 aromatic rings. The largest absolute Gasteiger partial charge is 0.375 e. The number of nitrogens with one attached hydrogen (secondary N) is 1. The van der Waals surface area contributed by atoms with Crippen molar-refractivity contribution in [2.24, 2.45) is 0 Å². The molecule has 12 heavy (non-hydrogen) atoms. The minimum atomic E-state index is 0.433. The van der Waals surface area contributed by atoms with Crippen LogP contribution in [0.1, 0.15) is 40.0 Å². The van der Waals surface area contributed by atoms with E-state index < -0.39 is 0 Å². The summed E-state index contributed by atoms with van der Waals surface area (Å²) in [5.74, 6) is 0. The number of ether oxygens (including phenoxy) is 1. The van der Waals surface area contributed by atoms with E-state index in [0.29, 0.717) is 18.2 Å². The highest BCUT2D eigenvalue weighted by Gasteiger charge is 2.23. The van der Waals surface area contributed by atoms with Crippen molar-refractivity contribution in [1.29, 1.82) is 0 Å². The van der Waals surface area contributed by atoms with Gasteiger partial charge in [-0.1, -0.05) is 6.92 Å². The van der Waals surface area contributed by atoms with Gasteiger partial charge in [-0.05, 0) is 39.7 Å². The molecular weight excluding hydrogens is 150 g/mol. The fourth-order valence-electron chi connectivity index (χ4n) is 1.92. The minimum absolute atomic E-state index is 0.433. The van der Waals surface area contributed by atoms with Crippen LogP contribution in [-0.2, 0) is 4.74 Å². The van der Waals surface area contributed by atoms with Crippen LogP contribution in [-0.4, -0.2) is 24.8 Å². The van der Waals surface area contributed by atoms with Gasteiger partial charge in [-0.15, -0.1) is 0 Å². The zero-order valence-electron chi connectivity index (χ0n) is 8.47. The van der Waals surface area contributed by atoms with Gasteiger partial charge in [0, 0.05) is 6.04 Å². The van der Waals surface area contributed by atoms with Crippen molar-refractivity contribution in [2.75, 3.05) is 6.54 Å². The molecule has 72 valence electrons. The van der Waals surface area contributed by atoms with Crippen LogP contribution in [0.25, 0.3) is 0 Å². The lowest BCUT2D eigenvalue weighted by molar-refractivity contribution is -0.0419. The minimum Gasteiger partial charge on any atom is -0.375 e. The second kappa shape index (κ2) is 4.83. The Morgan fingerprint density at radius 2 is 1.83 bits per heavy atom. The third-order valence-corrected chi connectivity index (χ3v) is 2.38. The van der Waals surface area contributed by atoms with Crippen molar-refractivity contribution in [2.45, 2.75) is 58.3 Å². The zero-order valence-corrected chi connectivity index (χ0v) is 8.47. The van der Waals surface area contributed by atoms with E-state index in [1.807, 2.05) is 0 Å². The summed E-state index contributed by atoms with van der Waals surface area (Å²) < 4.78 is 5.66. The van der Waals surface area contributed by atoms with Crippen molar-refractivity contribution in [1.82, 2.24) is 5.32 Å². The SMILES string of the molecule is CCCNC1C[C@@H](C)O[C@H](C)C1. The molecule has 0 bridgehead atoms. The molecule has 2 heteroatoms. The second-order valence-corrected chi connectivity index (χ2v) is 3.88. The lowest BCUT2D eigenvalue weighted by Crippen LogP contribution is -2.41. The Balaban J connectivity index is 2.24. The molecule has 1 heterocycles. The first-order valence-corrected chi connectivity index (χ1v) is 5.11. The van der Waals surface area contributed by atoms with Gasteiger partial charge in [0.15, 0.2) is 0 Å². The van der Waals surface area contributed by atoms with Gasteiger partial charge in [-0.25, -0.2) is 0 Å². The molecule has 1 saturated heterocycles. The third-order valence-electron chi connectivity index (χ3n) is 2.38. The van der Waals surface area contributed by atoms with E-state index in [4.69, 9.17) is 4.74 Å². The number of rotatable bonds is 3. The summed E-state index contributed by atoms with van der Waals surface area (Å²) in [6.45, 7) is 7.68. The maximum Gasteiger partial charge on any atom is 0.0565 e. The van der Waals surface area contributed by atoms with Crippen LogP contribution in [0.15, 0.2) is 0 Å². The summed E-state index contributed by atoms with van der Waals surface area (Å²) in [7, 11) is 0. The van der Waals surface area contributed by atoms with Gasteiger partial charge in [0.25, 0.3) is 0 Å². The number of hydrogen-bond acceptors (Lipinski definition) is 2. The van der Waals surface area contributed by atoms with Crippen LogP contribution < -0.4 is 5.32 Å². The lowest BCUT2D eigenvalue weighted by Gasteiger charge is -2.32. The second-order valence-electron chi connectivity index (χ2n) is 3.88. The molecule has 0 aromatic carbocycles. The topological polar surface area (TPSA) is 21.3 Å². The Bertz CT molecular complexity index is 117. The van der Waals surface area contributed by atoms with Gasteiger partial charge in [-0.2, -0.15) is 0 Å². The molecule has 0 spiro atoms. The predicted octanol–water partition coefficient (Wildman–Crippen LogP) is 1.94. The van der Waals surface area contributed by atoms with Crippen molar-refractivity contribution in [3.63, 3.8) is 0 Å². The Morgan fingerprint density at radius 3 is 2.33 bits per heavy atom. The highest BCUT2D eigenvalue weighted by Crippen LogP contribution is 2.18. The fraction of sp³-hybridized carbons (Fsp3) is 1.00. The van der Waals surface area contributed by atoms with E-state index >= 15 is 0 Å². The molecule has 1 aliphatic heterocycles. The van der Waals surface area contributed by atoms with Crippen LogP contribution in [0.5, 0.6) is 0 Å². The molecule has 0 amide bonds. The van der Waals surface area contributed by atoms with Crippen LogP contribution in [0, 0.1) is 0 Å². The summed E-state index contributed by atoms with van der Waals surface area (Å²) in [4.78, 5) is 0. The third kappa shape index (κ3) is 3.11.